The number of rotatable bonds is 3. The van der Waals surface area contributed by atoms with E-state index < -0.39 is 6.04 Å². The Labute approximate surface area is 169 Å². The number of aromatic nitrogens is 2. The molecule has 0 saturated carbocycles. The van der Waals surface area contributed by atoms with Crippen LogP contribution in [0.1, 0.15) is 41.4 Å². The van der Waals surface area contributed by atoms with E-state index in [0.29, 0.717) is 37.9 Å². The topological polar surface area (TPSA) is 80.8 Å². The number of oxazole rings is 1. The summed E-state index contributed by atoms with van der Waals surface area (Å²) in [7, 11) is 3.70. The van der Waals surface area contributed by atoms with Crippen LogP contribution in [0.2, 0.25) is 0 Å². The van der Waals surface area contributed by atoms with E-state index in [4.69, 9.17) is 9.15 Å². The third-order valence-electron chi connectivity index (χ3n) is 6.43. The van der Waals surface area contributed by atoms with E-state index >= 15 is 0 Å². The molecule has 0 unspecified atom stereocenters. The van der Waals surface area contributed by atoms with E-state index in [1.807, 2.05) is 17.0 Å². The van der Waals surface area contributed by atoms with Gasteiger partial charge in [-0.3, -0.25) is 14.2 Å². The number of ether oxygens (including phenoxy) is 1. The Hall–Kier alpha value is -2.45. The molecular formula is C21H26N4O4. The number of piperidine rings is 1. The highest BCUT2D eigenvalue weighted by atomic mass is 16.5. The molecule has 1 saturated heterocycles. The van der Waals surface area contributed by atoms with Crippen molar-refractivity contribution in [1.29, 1.82) is 0 Å². The smallest absolute Gasteiger partial charge is 0.251 e. The van der Waals surface area contributed by atoms with Crippen molar-refractivity contribution in [2.45, 2.75) is 38.0 Å². The van der Waals surface area contributed by atoms with Crippen LogP contribution in [0.3, 0.4) is 0 Å². The van der Waals surface area contributed by atoms with Crippen molar-refractivity contribution in [3.05, 3.63) is 51.6 Å². The van der Waals surface area contributed by atoms with Crippen LogP contribution in [0.15, 0.2) is 27.4 Å². The Balaban J connectivity index is 1.47. The Kier molecular flexibility index (Phi) is 4.55. The number of hydrogen-bond acceptors (Lipinski definition) is 6. The average Bonchev–Trinajstić information content (AvgIpc) is 3.10. The number of pyridine rings is 1. The van der Waals surface area contributed by atoms with Crippen molar-refractivity contribution in [2.75, 3.05) is 33.8 Å². The van der Waals surface area contributed by atoms with Crippen LogP contribution in [0, 0.1) is 5.92 Å². The Morgan fingerprint density at radius 1 is 1.34 bits per heavy atom. The molecule has 0 N–H and O–H groups in total. The number of likely N-dealkylation sites (tertiary alicyclic amines) is 1. The van der Waals surface area contributed by atoms with Crippen LogP contribution in [0.5, 0.6) is 0 Å². The van der Waals surface area contributed by atoms with Gasteiger partial charge in [-0.1, -0.05) is 6.07 Å². The van der Waals surface area contributed by atoms with E-state index in [9.17, 15) is 9.59 Å². The highest BCUT2D eigenvalue weighted by Crippen LogP contribution is 2.41. The van der Waals surface area contributed by atoms with E-state index in [1.54, 1.807) is 17.7 Å². The van der Waals surface area contributed by atoms with Gasteiger partial charge >= 0.3 is 0 Å². The molecule has 8 nitrogen and oxygen atoms in total. The number of nitrogens with zero attached hydrogens (tertiary/aromatic N) is 4. The number of carbonyl (C=O) groups is 1. The summed E-state index contributed by atoms with van der Waals surface area (Å²) in [6.07, 6.45) is 1.58. The first-order valence-electron chi connectivity index (χ1n) is 10.2. The minimum atomic E-state index is -0.454. The molecule has 0 aromatic carbocycles. The number of likely N-dealkylation sites (N-methyl/N-ethyl adjacent to an activating group) is 1. The fraction of sp³-hybridized carbons (Fsp3) is 0.571. The second-order valence-electron chi connectivity index (χ2n) is 8.44. The molecular weight excluding hydrogens is 372 g/mol. The molecule has 1 fully saturated rings. The summed E-state index contributed by atoms with van der Waals surface area (Å²) in [5.41, 5.74) is 1.70. The van der Waals surface area contributed by atoms with Gasteiger partial charge in [0.25, 0.3) is 5.56 Å². The maximum atomic E-state index is 13.7. The van der Waals surface area contributed by atoms with Crippen LogP contribution < -0.4 is 5.56 Å². The van der Waals surface area contributed by atoms with Gasteiger partial charge in [-0.2, -0.15) is 0 Å². The number of hydrogen-bond donors (Lipinski definition) is 0. The molecule has 2 aromatic rings. The van der Waals surface area contributed by atoms with Gasteiger partial charge in [0.2, 0.25) is 11.8 Å². The molecule has 1 amide bonds. The lowest BCUT2D eigenvalue weighted by Crippen LogP contribution is -2.53. The largest absolute Gasteiger partial charge is 0.443 e. The molecule has 8 heteroatoms. The SMILES string of the molecule is COCc1nc2c(o1)CCN(C(=O)[C@H]1[C@H]3C[C@@H](CN(C)C3)c3cccc(=O)n31)C2. The van der Waals surface area contributed by atoms with E-state index in [0.717, 1.165) is 36.7 Å². The van der Waals surface area contributed by atoms with Crippen LogP contribution >= 0.6 is 0 Å². The maximum Gasteiger partial charge on any atom is 0.251 e. The van der Waals surface area contributed by atoms with Gasteiger partial charge in [0.1, 0.15) is 24.1 Å². The highest BCUT2D eigenvalue weighted by molar-refractivity contribution is 5.81. The minimum absolute atomic E-state index is 0.0141. The van der Waals surface area contributed by atoms with Crippen LogP contribution in [-0.4, -0.2) is 59.0 Å². The quantitative estimate of drug-likeness (QED) is 0.772. The summed E-state index contributed by atoms with van der Waals surface area (Å²) in [6, 6.07) is 4.93. The van der Waals surface area contributed by atoms with Crippen LogP contribution in [-0.2, 0) is 29.1 Å². The summed E-state index contributed by atoms with van der Waals surface area (Å²) in [5, 5.41) is 0. The minimum Gasteiger partial charge on any atom is -0.443 e. The van der Waals surface area contributed by atoms with Gasteiger partial charge in [-0.05, 0) is 19.5 Å². The predicted molar refractivity (Wildman–Crippen MR) is 104 cm³/mol. The number of methoxy groups -OCH3 is 1. The first kappa shape index (κ1) is 18.6. The summed E-state index contributed by atoms with van der Waals surface area (Å²) in [4.78, 5) is 35.1. The van der Waals surface area contributed by atoms with Crippen molar-refractivity contribution in [1.82, 2.24) is 19.4 Å². The molecule has 5 heterocycles. The zero-order valence-corrected chi connectivity index (χ0v) is 16.8. The molecule has 2 aromatic heterocycles. The summed E-state index contributed by atoms with van der Waals surface area (Å²) >= 11 is 0. The van der Waals surface area contributed by atoms with Gasteiger partial charge in [-0.25, -0.2) is 4.98 Å². The second kappa shape index (κ2) is 7.11. The van der Waals surface area contributed by atoms with E-state index in [1.165, 1.54) is 0 Å². The molecule has 0 radical (unpaired) electrons. The van der Waals surface area contributed by atoms with Crippen molar-refractivity contribution >= 4 is 5.91 Å². The second-order valence-corrected chi connectivity index (χ2v) is 8.44. The molecule has 2 bridgehead atoms. The van der Waals surface area contributed by atoms with Crippen molar-refractivity contribution < 1.29 is 13.9 Å². The van der Waals surface area contributed by atoms with E-state index in [-0.39, 0.29) is 17.4 Å². The zero-order valence-electron chi connectivity index (χ0n) is 16.8. The molecule has 3 aliphatic rings. The van der Waals surface area contributed by atoms with Gasteiger partial charge in [-0.15, -0.1) is 0 Å². The van der Waals surface area contributed by atoms with Crippen LogP contribution in [0.25, 0.3) is 0 Å². The fourth-order valence-electron chi connectivity index (χ4n) is 5.29. The number of fused-ring (bicyclic) bond motifs is 5. The molecule has 3 atom stereocenters. The van der Waals surface area contributed by atoms with Crippen LogP contribution in [0.4, 0.5) is 0 Å². The standard InChI is InChI=1S/C21H26N4O4/c1-23-9-13-8-14(10-23)20(25-16(13)4-3-5-19(25)26)21(27)24-7-6-17-15(11-24)22-18(29-17)12-28-2/h3-5,13-14,20H,6-12H2,1-2H3/t13-,14-,20+/m0/s1. The Morgan fingerprint density at radius 3 is 3.03 bits per heavy atom. The molecule has 3 aliphatic heterocycles. The molecule has 29 heavy (non-hydrogen) atoms. The lowest BCUT2D eigenvalue weighted by molar-refractivity contribution is -0.139. The van der Waals surface area contributed by atoms with Gasteiger partial charge in [0, 0.05) is 56.8 Å². The molecule has 5 rings (SSSR count). The first-order valence-corrected chi connectivity index (χ1v) is 10.2. The maximum absolute atomic E-state index is 13.7. The number of carbonyl (C=O) groups excluding carboxylic acids is 1. The monoisotopic (exact) mass is 398 g/mol. The third-order valence-corrected chi connectivity index (χ3v) is 6.43. The Morgan fingerprint density at radius 2 is 2.21 bits per heavy atom. The van der Waals surface area contributed by atoms with Gasteiger partial charge < -0.3 is 19.0 Å². The molecule has 0 spiro atoms. The van der Waals surface area contributed by atoms with Gasteiger partial charge in [0.15, 0.2) is 0 Å². The third kappa shape index (κ3) is 3.11. The normalized spacial score (nSPS) is 26.1. The summed E-state index contributed by atoms with van der Waals surface area (Å²) in [6.45, 7) is 3.07. The number of amides is 1. The lowest BCUT2D eigenvalue weighted by Gasteiger charge is -2.46. The van der Waals surface area contributed by atoms with Crippen molar-refractivity contribution in [3.63, 3.8) is 0 Å². The van der Waals surface area contributed by atoms with Crippen molar-refractivity contribution in [2.24, 2.45) is 5.92 Å². The Bertz CT molecular complexity index is 997. The van der Waals surface area contributed by atoms with Crippen molar-refractivity contribution in [3.8, 4) is 0 Å². The summed E-state index contributed by atoms with van der Waals surface area (Å²) < 4.78 is 12.6. The van der Waals surface area contributed by atoms with E-state index in [2.05, 4.69) is 16.9 Å². The predicted octanol–water partition coefficient (Wildman–Crippen LogP) is 1.16. The lowest BCUT2D eigenvalue weighted by atomic mass is 9.78. The van der Waals surface area contributed by atoms with Gasteiger partial charge in [0.05, 0.1) is 6.54 Å². The summed E-state index contributed by atoms with van der Waals surface area (Å²) in [5.74, 6) is 1.83. The fourth-order valence-corrected chi connectivity index (χ4v) is 5.29. The zero-order chi connectivity index (χ0) is 20.1. The highest BCUT2D eigenvalue weighted by Gasteiger charge is 2.44. The first-order chi connectivity index (χ1) is 14.0. The average molecular weight is 398 g/mol. The molecule has 154 valence electrons. The molecule has 0 aliphatic carbocycles.